The first kappa shape index (κ1) is 27.1. The van der Waals surface area contributed by atoms with Crippen LogP contribution in [0.2, 0.25) is 0 Å². The summed E-state index contributed by atoms with van der Waals surface area (Å²) in [7, 11) is 0. The number of alkyl halides is 3. The molecule has 2 aliphatic heterocycles. The average Bonchev–Trinajstić information content (AvgIpc) is 3.26. The number of rotatable bonds is 6. The minimum absolute atomic E-state index is 0.0312. The third-order valence-corrected chi connectivity index (χ3v) is 7.75. The van der Waals surface area contributed by atoms with Crippen molar-refractivity contribution in [3.05, 3.63) is 82.9 Å². The third-order valence-electron chi connectivity index (χ3n) is 6.98. The van der Waals surface area contributed by atoms with Crippen molar-refractivity contribution in [2.24, 2.45) is 0 Å². The Kier molecular flexibility index (Phi) is 7.34. The summed E-state index contributed by atoms with van der Waals surface area (Å²) < 4.78 is 71.9. The molecule has 1 fully saturated rings. The molecule has 2 aliphatic rings. The highest BCUT2D eigenvalue weighted by Gasteiger charge is 2.43. The van der Waals surface area contributed by atoms with Crippen molar-refractivity contribution < 1.29 is 31.9 Å². The number of hydrogen-bond donors (Lipinski definition) is 3. The topological polar surface area (TPSA) is 67.8 Å². The SMILES string of the molecule is CSc1ccc(C(F)(F)F)c(C2CN(c3ccc(F)cc3)CCN2)c1N1Nc2c(F)cccc2C1CC(=O)O. The molecule has 5 rings (SSSR count). The number of nitrogens with one attached hydrogen (secondary N) is 2. The zero-order valence-electron chi connectivity index (χ0n) is 20.7. The van der Waals surface area contributed by atoms with E-state index in [-0.39, 0.29) is 23.5 Å². The van der Waals surface area contributed by atoms with E-state index in [0.717, 1.165) is 6.07 Å². The van der Waals surface area contributed by atoms with Crippen LogP contribution < -0.4 is 20.7 Å². The predicted octanol–water partition coefficient (Wildman–Crippen LogP) is 6.22. The van der Waals surface area contributed by atoms with Crippen LogP contribution in [0, 0.1) is 11.6 Å². The first-order valence-electron chi connectivity index (χ1n) is 12.2. The fraction of sp³-hybridized carbons (Fsp3) is 0.296. The molecule has 206 valence electrons. The number of carboxylic acids is 1. The first-order valence-corrected chi connectivity index (χ1v) is 13.4. The molecule has 1 saturated heterocycles. The third kappa shape index (κ3) is 5.22. The van der Waals surface area contributed by atoms with Gasteiger partial charge in [0.15, 0.2) is 0 Å². The lowest BCUT2D eigenvalue weighted by Crippen LogP contribution is -2.47. The van der Waals surface area contributed by atoms with Crippen molar-refractivity contribution in [2.75, 3.05) is 41.2 Å². The highest BCUT2D eigenvalue weighted by Crippen LogP contribution is 2.50. The van der Waals surface area contributed by atoms with Gasteiger partial charge in [-0.05, 0) is 48.7 Å². The predicted molar refractivity (Wildman–Crippen MR) is 140 cm³/mol. The van der Waals surface area contributed by atoms with Crippen molar-refractivity contribution in [3.8, 4) is 0 Å². The molecular formula is C27H25F5N4O2S. The lowest BCUT2D eigenvalue weighted by molar-refractivity contribution is -0.139. The summed E-state index contributed by atoms with van der Waals surface area (Å²) in [5.41, 5.74) is 3.12. The van der Waals surface area contributed by atoms with Gasteiger partial charge in [-0.1, -0.05) is 12.1 Å². The van der Waals surface area contributed by atoms with Gasteiger partial charge in [0.05, 0.1) is 35.4 Å². The van der Waals surface area contributed by atoms with Crippen LogP contribution in [0.1, 0.15) is 35.2 Å². The highest BCUT2D eigenvalue weighted by atomic mass is 32.2. The van der Waals surface area contributed by atoms with Gasteiger partial charge >= 0.3 is 12.1 Å². The number of anilines is 3. The number of piperazine rings is 1. The summed E-state index contributed by atoms with van der Waals surface area (Å²) in [6.45, 7) is 0.975. The molecule has 2 heterocycles. The van der Waals surface area contributed by atoms with Gasteiger partial charge < -0.3 is 15.3 Å². The lowest BCUT2D eigenvalue weighted by atomic mass is 9.94. The fourth-order valence-electron chi connectivity index (χ4n) is 5.28. The minimum atomic E-state index is -4.72. The van der Waals surface area contributed by atoms with Crippen LogP contribution in [0.5, 0.6) is 0 Å². The van der Waals surface area contributed by atoms with Crippen LogP contribution in [0.15, 0.2) is 59.5 Å². The van der Waals surface area contributed by atoms with Gasteiger partial charge in [-0.15, -0.1) is 11.8 Å². The minimum Gasteiger partial charge on any atom is -0.481 e. The summed E-state index contributed by atoms with van der Waals surface area (Å²) in [5.74, 6) is -2.24. The van der Waals surface area contributed by atoms with Gasteiger partial charge in [0, 0.05) is 41.3 Å². The number of carboxylic acid groups (broad SMARTS) is 1. The second kappa shape index (κ2) is 10.6. The number of fused-ring (bicyclic) bond motifs is 1. The smallest absolute Gasteiger partial charge is 0.416 e. The Morgan fingerprint density at radius 3 is 2.51 bits per heavy atom. The number of aliphatic carboxylic acids is 1. The molecule has 3 aromatic rings. The average molecular weight is 565 g/mol. The van der Waals surface area contributed by atoms with E-state index in [9.17, 15) is 31.9 Å². The maximum atomic E-state index is 14.8. The number of hydrazine groups is 1. The summed E-state index contributed by atoms with van der Waals surface area (Å²) in [4.78, 5) is 14.2. The lowest BCUT2D eigenvalue weighted by Gasteiger charge is -2.39. The fourth-order valence-corrected chi connectivity index (χ4v) is 5.89. The van der Waals surface area contributed by atoms with E-state index in [1.165, 1.54) is 47.1 Å². The number of thioether (sulfide) groups is 1. The quantitative estimate of drug-likeness (QED) is 0.243. The summed E-state index contributed by atoms with van der Waals surface area (Å²) in [6, 6.07) is 10.6. The Hall–Kier alpha value is -3.51. The van der Waals surface area contributed by atoms with Gasteiger partial charge in [-0.3, -0.25) is 15.2 Å². The molecule has 3 N–H and O–H groups in total. The van der Waals surface area contributed by atoms with Gasteiger partial charge in [0.1, 0.15) is 11.6 Å². The molecule has 0 aromatic heterocycles. The first-order chi connectivity index (χ1) is 18.6. The van der Waals surface area contributed by atoms with E-state index in [4.69, 9.17) is 0 Å². The molecule has 0 spiro atoms. The molecule has 2 atom stereocenters. The Morgan fingerprint density at radius 2 is 1.85 bits per heavy atom. The number of nitrogens with zero attached hydrogens (tertiary/aromatic N) is 2. The van der Waals surface area contributed by atoms with Gasteiger partial charge in [-0.2, -0.15) is 13.2 Å². The zero-order chi connectivity index (χ0) is 27.9. The van der Waals surface area contributed by atoms with Crippen LogP contribution >= 0.6 is 11.8 Å². The van der Waals surface area contributed by atoms with E-state index in [0.29, 0.717) is 29.2 Å². The number of halogens is 5. The molecule has 0 aliphatic carbocycles. The van der Waals surface area contributed by atoms with E-state index < -0.39 is 47.8 Å². The van der Waals surface area contributed by atoms with Crippen molar-refractivity contribution in [3.63, 3.8) is 0 Å². The Bertz CT molecular complexity index is 1390. The van der Waals surface area contributed by atoms with Crippen LogP contribution in [0.25, 0.3) is 0 Å². The Morgan fingerprint density at radius 1 is 1.10 bits per heavy atom. The standard InChI is InChI=1S/C27H25F5N4O2S/c1-39-22-10-9-18(27(30,31)32)24(20-14-35(12-11-33-20)16-7-5-15(28)6-8-16)26(22)36-21(13-23(37)38)17-3-2-4-19(29)25(17)34-36/h2-10,20-21,33-34H,11-14H2,1H3,(H,37,38). The van der Waals surface area contributed by atoms with E-state index >= 15 is 0 Å². The molecule has 2 unspecified atom stereocenters. The van der Waals surface area contributed by atoms with Crippen molar-refractivity contribution in [1.82, 2.24) is 5.32 Å². The van der Waals surface area contributed by atoms with E-state index in [1.807, 2.05) is 4.90 Å². The Labute approximate surface area is 225 Å². The molecule has 0 saturated carbocycles. The second-order valence-electron chi connectivity index (χ2n) is 9.30. The van der Waals surface area contributed by atoms with Gasteiger partial charge in [0.2, 0.25) is 0 Å². The maximum absolute atomic E-state index is 14.8. The van der Waals surface area contributed by atoms with Crippen molar-refractivity contribution >= 4 is 34.8 Å². The molecule has 0 amide bonds. The second-order valence-corrected chi connectivity index (χ2v) is 10.2. The number of hydrogen-bond acceptors (Lipinski definition) is 6. The number of carbonyl (C=O) groups is 1. The van der Waals surface area contributed by atoms with Gasteiger partial charge in [-0.25, -0.2) is 8.78 Å². The zero-order valence-corrected chi connectivity index (χ0v) is 21.5. The van der Waals surface area contributed by atoms with Crippen LogP contribution in [-0.4, -0.2) is 37.0 Å². The molecule has 3 aromatic carbocycles. The summed E-state index contributed by atoms with van der Waals surface area (Å²) >= 11 is 1.21. The van der Waals surface area contributed by atoms with Crippen molar-refractivity contribution in [1.29, 1.82) is 0 Å². The highest BCUT2D eigenvalue weighted by molar-refractivity contribution is 7.98. The molecule has 12 heteroatoms. The van der Waals surface area contributed by atoms with Gasteiger partial charge in [0.25, 0.3) is 0 Å². The normalized spacial score (nSPS) is 19.1. The monoisotopic (exact) mass is 564 g/mol. The molecular weight excluding hydrogens is 539 g/mol. The largest absolute Gasteiger partial charge is 0.481 e. The Balaban J connectivity index is 1.67. The molecule has 6 nitrogen and oxygen atoms in total. The summed E-state index contributed by atoms with van der Waals surface area (Å²) in [6.07, 6.45) is -3.47. The van der Waals surface area contributed by atoms with Crippen LogP contribution in [0.4, 0.5) is 39.0 Å². The molecule has 0 bridgehead atoms. The maximum Gasteiger partial charge on any atom is 0.416 e. The summed E-state index contributed by atoms with van der Waals surface area (Å²) in [5, 5.41) is 14.2. The van der Waals surface area contributed by atoms with E-state index in [2.05, 4.69) is 10.7 Å². The van der Waals surface area contributed by atoms with Crippen LogP contribution in [-0.2, 0) is 11.0 Å². The molecule has 0 radical (unpaired) electrons. The number of para-hydroxylation sites is 1. The number of benzene rings is 3. The van der Waals surface area contributed by atoms with Crippen molar-refractivity contribution in [2.45, 2.75) is 29.6 Å². The van der Waals surface area contributed by atoms with E-state index in [1.54, 1.807) is 24.5 Å². The molecule has 39 heavy (non-hydrogen) atoms. The van der Waals surface area contributed by atoms with Crippen LogP contribution in [0.3, 0.4) is 0 Å².